The molecule has 9 heteroatoms. The van der Waals surface area contributed by atoms with Gasteiger partial charge in [-0.15, -0.1) is 0 Å². The van der Waals surface area contributed by atoms with Crippen molar-refractivity contribution >= 4 is 28.5 Å². The number of nitrogens with one attached hydrogen (secondary N) is 2. The normalized spacial score (nSPS) is 10.9. The first-order valence-corrected chi connectivity index (χ1v) is 12.3. The Morgan fingerprint density at radius 1 is 0.947 bits per heavy atom. The molecular weight excluding hydrogens is 490 g/mol. The summed E-state index contributed by atoms with van der Waals surface area (Å²) in [4.78, 5) is 32.8. The van der Waals surface area contributed by atoms with E-state index in [2.05, 4.69) is 10.3 Å². The molecule has 0 aliphatic heterocycles. The van der Waals surface area contributed by atoms with E-state index in [1.807, 2.05) is 60.8 Å². The summed E-state index contributed by atoms with van der Waals surface area (Å²) in [5.41, 5.74) is 2.90. The van der Waals surface area contributed by atoms with Gasteiger partial charge in [-0.3, -0.25) is 4.79 Å². The number of ether oxygens (including phenoxy) is 1. The molecule has 4 rings (SSSR count). The maximum atomic E-state index is 14.1. The zero-order chi connectivity index (χ0) is 26.9. The summed E-state index contributed by atoms with van der Waals surface area (Å²) >= 11 is 0. The van der Waals surface area contributed by atoms with Crippen LogP contribution in [0.1, 0.15) is 11.1 Å². The van der Waals surface area contributed by atoms with Gasteiger partial charge >= 0.3 is 6.03 Å². The number of urea groups is 1. The van der Waals surface area contributed by atoms with Crippen molar-refractivity contribution in [3.8, 4) is 0 Å². The maximum absolute atomic E-state index is 14.1. The van der Waals surface area contributed by atoms with E-state index in [4.69, 9.17) is 4.74 Å². The minimum Gasteiger partial charge on any atom is -0.383 e. The fourth-order valence-corrected chi connectivity index (χ4v) is 4.19. The van der Waals surface area contributed by atoms with Crippen molar-refractivity contribution in [2.75, 3.05) is 38.7 Å². The topological polar surface area (TPSA) is 77.7 Å². The Morgan fingerprint density at radius 3 is 2.47 bits per heavy atom. The molecule has 3 amide bonds. The Balaban J connectivity index is 1.50. The number of carbonyl (C=O) groups excluding carboxylic acids is 2. The second-order valence-corrected chi connectivity index (χ2v) is 8.88. The quantitative estimate of drug-likeness (QED) is 0.286. The molecule has 0 fully saturated rings. The molecule has 7 nitrogen and oxygen atoms in total. The molecule has 0 atom stereocenters. The molecule has 1 aromatic heterocycles. The summed E-state index contributed by atoms with van der Waals surface area (Å²) in [5.74, 6) is -1.92. The number of amides is 3. The fourth-order valence-electron chi connectivity index (χ4n) is 4.19. The van der Waals surface area contributed by atoms with Crippen molar-refractivity contribution in [1.82, 2.24) is 14.8 Å². The number of fused-ring (bicyclic) bond motifs is 1. The molecule has 0 aliphatic carbocycles. The maximum Gasteiger partial charge on any atom is 0.322 e. The van der Waals surface area contributed by atoms with E-state index in [-0.39, 0.29) is 31.3 Å². The minimum atomic E-state index is -0.902. The van der Waals surface area contributed by atoms with Gasteiger partial charge < -0.3 is 24.8 Å². The van der Waals surface area contributed by atoms with Crippen molar-refractivity contribution < 1.29 is 23.1 Å². The standard InChI is InChI=1S/C29H30F2N4O3/c1-38-16-15-35(29(37)33-27-12-11-23(30)17-25(27)31)20-28(36)34(19-21-7-3-2-4-8-21)14-13-22-18-32-26-10-6-5-9-24(22)26/h2-12,17-18,32H,13-16,19-20H2,1H3,(H,33,37). The van der Waals surface area contributed by atoms with E-state index in [0.29, 0.717) is 25.6 Å². The van der Waals surface area contributed by atoms with Crippen LogP contribution in [0.15, 0.2) is 79.0 Å². The molecule has 198 valence electrons. The van der Waals surface area contributed by atoms with Crippen LogP contribution < -0.4 is 5.32 Å². The van der Waals surface area contributed by atoms with Gasteiger partial charge in [0.2, 0.25) is 5.91 Å². The lowest BCUT2D eigenvalue weighted by Crippen LogP contribution is -2.46. The number of carbonyl (C=O) groups is 2. The lowest BCUT2D eigenvalue weighted by molar-refractivity contribution is -0.132. The van der Waals surface area contributed by atoms with Crippen molar-refractivity contribution in [2.45, 2.75) is 13.0 Å². The number of halogens is 2. The van der Waals surface area contributed by atoms with Gasteiger partial charge in [-0.25, -0.2) is 13.6 Å². The van der Waals surface area contributed by atoms with Crippen LogP contribution in [0.5, 0.6) is 0 Å². The number of hydrogen-bond donors (Lipinski definition) is 2. The Labute approximate surface area is 220 Å². The molecule has 0 saturated heterocycles. The zero-order valence-corrected chi connectivity index (χ0v) is 21.1. The van der Waals surface area contributed by atoms with Gasteiger partial charge in [0.25, 0.3) is 0 Å². The molecule has 0 spiro atoms. The van der Waals surface area contributed by atoms with Crippen LogP contribution in [-0.2, 0) is 22.5 Å². The molecule has 4 aromatic rings. The predicted molar refractivity (Wildman–Crippen MR) is 143 cm³/mol. The summed E-state index contributed by atoms with van der Waals surface area (Å²) in [7, 11) is 1.49. The van der Waals surface area contributed by atoms with E-state index in [0.717, 1.165) is 34.2 Å². The molecule has 0 bridgehead atoms. The third-order valence-corrected chi connectivity index (χ3v) is 6.25. The molecule has 0 radical (unpaired) electrons. The number of rotatable bonds is 11. The van der Waals surface area contributed by atoms with Crippen molar-refractivity contribution in [1.29, 1.82) is 0 Å². The smallest absolute Gasteiger partial charge is 0.322 e. The lowest BCUT2D eigenvalue weighted by Gasteiger charge is -2.28. The summed E-state index contributed by atoms with van der Waals surface area (Å²) < 4.78 is 32.5. The molecular formula is C29H30F2N4O3. The Bertz CT molecular complexity index is 1380. The van der Waals surface area contributed by atoms with Crippen molar-refractivity contribution in [3.63, 3.8) is 0 Å². The van der Waals surface area contributed by atoms with Gasteiger partial charge in [0.05, 0.1) is 12.3 Å². The third kappa shape index (κ3) is 6.95. The molecule has 1 heterocycles. The van der Waals surface area contributed by atoms with Crippen molar-refractivity contribution in [3.05, 3.63) is 102 Å². The van der Waals surface area contributed by atoms with Crippen LogP contribution in [0.2, 0.25) is 0 Å². The second kappa shape index (κ2) is 12.8. The number of aromatic nitrogens is 1. The number of H-pyrrole nitrogens is 1. The highest BCUT2D eigenvalue weighted by Gasteiger charge is 2.23. The highest BCUT2D eigenvalue weighted by Crippen LogP contribution is 2.19. The van der Waals surface area contributed by atoms with Crippen LogP contribution in [-0.4, -0.2) is 60.1 Å². The van der Waals surface area contributed by atoms with Gasteiger partial charge in [-0.05, 0) is 35.7 Å². The lowest BCUT2D eigenvalue weighted by atomic mass is 10.1. The van der Waals surface area contributed by atoms with Gasteiger partial charge in [-0.2, -0.15) is 0 Å². The highest BCUT2D eigenvalue weighted by atomic mass is 19.1. The third-order valence-electron chi connectivity index (χ3n) is 6.25. The molecule has 38 heavy (non-hydrogen) atoms. The molecule has 0 unspecified atom stereocenters. The van der Waals surface area contributed by atoms with Crippen LogP contribution in [0.4, 0.5) is 19.3 Å². The summed E-state index contributed by atoms with van der Waals surface area (Å²) in [5, 5.41) is 3.53. The number of methoxy groups -OCH3 is 1. The molecule has 0 saturated carbocycles. The van der Waals surface area contributed by atoms with Crippen LogP contribution in [0, 0.1) is 11.6 Å². The SMILES string of the molecule is COCCN(CC(=O)N(CCc1c[nH]c2ccccc12)Cc1ccccc1)C(=O)Nc1ccc(F)cc1F. The van der Waals surface area contributed by atoms with Gasteiger partial charge in [-0.1, -0.05) is 48.5 Å². The zero-order valence-electron chi connectivity index (χ0n) is 21.1. The van der Waals surface area contributed by atoms with Gasteiger partial charge in [0.15, 0.2) is 0 Å². The van der Waals surface area contributed by atoms with Crippen LogP contribution >= 0.6 is 0 Å². The summed E-state index contributed by atoms with van der Waals surface area (Å²) in [6.45, 7) is 0.855. The summed E-state index contributed by atoms with van der Waals surface area (Å²) in [6.07, 6.45) is 2.57. The molecule has 3 aromatic carbocycles. The van der Waals surface area contributed by atoms with Crippen molar-refractivity contribution in [2.24, 2.45) is 0 Å². The van der Waals surface area contributed by atoms with Gasteiger partial charge in [0, 0.05) is 49.9 Å². The van der Waals surface area contributed by atoms with Crippen LogP contribution in [0.3, 0.4) is 0 Å². The molecule has 0 aliphatic rings. The number of aromatic amines is 1. The predicted octanol–water partition coefficient (Wildman–Crippen LogP) is 5.20. The number of nitrogens with zero attached hydrogens (tertiary/aromatic N) is 2. The number of benzene rings is 3. The van der Waals surface area contributed by atoms with Gasteiger partial charge in [0.1, 0.15) is 18.2 Å². The Hall–Kier alpha value is -4.24. The van der Waals surface area contributed by atoms with Crippen LogP contribution in [0.25, 0.3) is 10.9 Å². The first-order chi connectivity index (χ1) is 18.4. The first-order valence-electron chi connectivity index (χ1n) is 12.3. The summed E-state index contributed by atoms with van der Waals surface area (Å²) in [6, 6.07) is 19.8. The molecule has 2 N–H and O–H groups in total. The largest absolute Gasteiger partial charge is 0.383 e. The average molecular weight is 521 g/mol. The Morgan fingerprint density at radius 2 is 1.71 bits per heavy atom. The number of para-hydroxylation sites is 1. The van der Waals surface area contributed by atoms with E-state index >= 15 is 0 Å². The number of hydrogen-bond acceptors (Lipinski definition) is 3. The monoisotopic (exact) mass is 520 g/mol. The van der Waals surface area contributed by atoms with E-state index in [9.17, 15) is 18.4 Å². The fraction of sp³-hybridized carbons (Fsp3) is 0.241. The van der Waals surface area contributed by atoms with E-state index in [1.165, 1.54) is 12.0 Å². The Kier molecular flexibility index (Phi) is 9.05. The average Bonchev–Trinajstić information content (AvgIpc) is 3.34. The highest BCUT2D eigenvalue weighted by molar-refractivity contribution is 5.92. The minimum absolute atomic E-state index is 0.110. The number of anilines is 1. The van der Waals surface area contributed by atoms with E-state index < -0.39 is 17.7 Å². The van der Waals surface area contributed by atoms with E-state index in [1.54, 1.807) is 4.90 Å². The second-order valence-electron chi connectivity index (χ2n) is 8.88. The first kappa shape index (κ1) is 26.8.